The molecule has 1 heterocycles. The molecule has 0 unspecified atom stereocenters. The normalized spacial score (nSPS) is 10.3. The summed E-state index contributed by atoms with van der Waals surface area (Å²) in [7, 11) is 0. The predicted molar refractivity (Wildman–Crippen MR) is 71.6 cm³/mol. The van der Waals surface area contributed by atoms with E-state index in [4.69, 9.17) is 4.74 Å². The minimum absolute atomic E-state index is 0.215. The van der Waals surface area contributed by atoms with Crippen molar-refractivity contribution in [3.8, 4) is 0 Å². The minimum Gasteiger partial charge on any atom is -0.465 e. The van der Waals surface area contributed by atoms with Gasteiger partial charge in [0.2, 0.25) is 0 Å². The van der Waals surface area contributed by atoms with Crippen LogP contribution in [0.3, 0.4) is 0 Å². The second-order valence-corrected chi connectivity index (χ2v) is 4.60. The van der Waals surface area contributed by atoms with Gasteiger partial charge in [-0.2, -0.15) is 0 Å². The number of aromatic nitrogens is 3. The predicted octanol–water partition coefficient (Wildman–Crippen LogP) is 2.07. The Morgan fingerprint density at radius 3 is 2.89 bits per heavy atom. The number of esters is 1. The lowest BCUT2D eigenvalue weighted by Gasteiger charge is -2.06. The van der Waals surface area contributed by atoms with Crippen LogP contribution in [0.25, 0.3) is 0 Å². The third-order valence-electron chi connectivity index (χ3n) is 2.21. The van der Waals surface area contributed by atoms with Crippen molar-refractivity contribution >= 4 is 17.7 Å². The number of allylic oxidation sites excluding steroid dienone is 1. The standard InChI is InChI=1S/C12H19N3O2S/c1-4-7-15-10(6-3)13-14-12(15)18-9-11(16)17-8-5-2/h4H,1,5-9H2,2-3H3. The third kappa shape index (κ3) is 4.18. The van der Waals surface area contributed by atoms with Crippen molar-refractivity contribution in [2.45, 2.75) is 38.4 Å². The first-order valence-electron chi connectivity index (χ1n) is 6.04. The lowest BCUT2D eigenvalue weighted by atomic mass is 10.4. The number of rotatable bonds is 8. The number of aryl methyl sites for hydroxylation is 1. The topological polar surface area (TPSA) is 57.0 Å². The van der Waals surface area contributed by atoms with E-state index < -0.39 is 0 Å². The maximum absolute atomic E-state index is 11.4. The van der Waals surface area contributed by atoms with E-state index in [1.165, 1.54) is 11.8 Å². The van der Waals surface area contributed by atoms with E-state index >= 15 is 0 Å². The summed E-state index contributed by atoms with van der Waals surface area (Å²) < 4.78 is 6.97. The van der Waals surface area contributed by atoms with Gasteiger partial charge in [-0.25, -0.2) is 0 Å². The van der Waals surface area contributed by atoms with E-state index in [2.05, 4.69) is 16.8 Å². The number of ether oxygens (including phenoxy) is 1. The number of hydrogen-bond acceptors (Lipinski definition) is 5. The molecule has 0 radical (unpaired) electrons. The van der Waals surface area contributed by atoms with E-state index in [9.17, 15) is 4.79 Å². The fourth-order valence-corrected chi connectivity index (χ4v) is 2.15. The second kappa shape index (κ2) is 7.92. The molecule has 0 aromatic carbocycles. The van der Waals surface area contributed by atoms with E-state index in [-0.39, 0.29) is 11.7 Å². The molecule has 0 bridgehead atoms. The molecule has 0 aliphatic rings. The van der Waals surface area contributed by atoms with Crippen molar-refractivity contribution in [2.24, 2.45) is 0 Å². The molecule has 0 saturated carbocycles. The molecule has 0 saturated heterocycles. The monoisotopic (exact) mass is 269 g/mol. The van der Waals surface area contributed by atoms with Crippen LogP contribution in [0.15, 0.2) is 17.8 Å². The third-order valence-corrected chi connectivity index (χ3v) is 3.15. The van der Waals surface area contributed by atoms with Crippen LogP contribution in [0.1, 0.15) is 26.1 Å². The zero-order valence-corrected chi connectivity index (χ0v) is 11.7. The Hall–Kier alpha value is -1.30. The molecule has 0 aliphatic heterocycles. The van der Waals surface area contributed by atoms with Gasteiger partial charge in [-0.3, -0.25) is 4.79 Å². The van der Waals surface area contributed by atoms with Gasteiger partial charge in [0.15, 0.2) is 5.16 Å². The maximum atomic E-state index is 11.4. The van der Waals surface area contributed by atoms with Crippen LogP contribution in [0.4, 0.5) is 0 Å². The number of carbonyl (C=O) groups is 1. The van der Waals surface area contributed by atoms with Gasteiger partial charge in [-0.15, -0.1) is 16.8 Å². The first-order valence-corrected chi connectivity index (χ1v) is 7.02. The molecule has 0 atom stereocenters. The zero-order chi connectivity index (χ0) is 13.4. The highest BCUT2D eigenvalue weighted by Gasteiger charge is 2.12. The van der Waals surface area contributed by atoms with E-state index in [1.807, 2.05) is 18.4 Å². The molecule has 18 heavy (non-hydrogen) atoms. The van der Waals surface area contributed by atoms with Crippen LogP contribution in [-0.4, -0.2) is 33.1 Å². The minimum atomic E-state index is -0.215. The Bertz CT molecular complexity index is 404. The van der Waals surface area contributed by atoms with E-state index in [0.717, 1.165) is 23.8 Å². The Balaban J connectivity index is 2.58. The highest BCUT2D eigenvalue weighted by Crippen LogP contribution is 2.17. The first-order chi connectivity index (χ1) is 8.72. The number of nitrogens with zero attached hydrogens (tertiary/aromatic N) is 3. The van der Waals surface area contributed by atoms with Gasteiger partial charge in [0.1, 0.15) is 5.82 Å². The second-order valence-electron chi connectivity index (χ2n) is 3.66. The number of carbonyl (C=O) groups excluding carboxylic acids is 1. The maximum Gasteiger partial charge on any atom is 0.316 e. The van der Waals surface area contributed by atoms with Gasteiger partial charge in [0, 0.05) is 13.0 Å². The summed E-state index contributed by atoms with van der Waals surface area (Å²) in [5, 5.41) is 8.90. The van der Waals surface area contributed by atoms with Crippen LogP contribution in [-0.2, 0) is 22.5 Å². The Morgan fingerprint density at radius 1 is 1.50 bits per heavy atom. The fourth-order valence-electron chi connectivity index (χ4n) is 1.38. The molecule has 0 N–H and O–H groups in total. The van der Waals surface area contributed by atoms with Gasteiger partial charge >= 0.3 is 5.97 Å². The summed E-state index contributed by atoms with van der Waals surface area (Å²) in [6.07, 6.45) is 3.44. The average molecular weight is 269 g/mol. The lowest BCUT2D eigenvalue weighted by Crippen LogP contribution is -2.09. The lowest BCUT2D eigenvalue weighted by molar-refractivity contribution is -0.140. The number of thioether (sulfide) groups is 1. The van der Waals surface area contributed by atoms with Crippen LogP contribution in [0, 0.1) is 0 Å². The van der Waals surface area contributed by atoms with Crippen LogP contribution < -0.4 is 0 Å². The van der Waals surface area contributed by atoms with Gasteiger partial charge < -0.3 is 9.30 Å². The quantitative estimate of drug-likeness (QED) is 0.411. The molecule has 0 aliphatic carbocycles. The molecule has 5 nitrogen and oxygen atoms in total. The highest BCUT2D eigenvalue weighted by atomic mass is 32.2. The summed E-state index contributed by atoms with van der Waals surface area (Å²) in [6, 6.07) is 0. The molecular formula is C12H19N3O2S. The zero-order valence-electron chi connectivity index (χ0n) is 10.9. The molecule has 1 aromatic heterocycles. The molecule has 0 fully saturated rings. The Kier molecular flexibility index (Phi) is 6.49. The van der Waals surface area contributed by atoms with Crippen molar-refractivity contribution in [3.05, 3.63) is 18.5 Å². The molecule has 1 aromatic rings. The van der Waals surface area contributed by atoms with Gasteiger partial charge in [0.05, 0.1) is 12.4 Å². The summed E-state index contributed by atoms with van der Waals surface area (Å²) in [6.45, 7) is 8.83. The van der Waals surface area contributed by atoms with E-state index in [1.54, 1.807) is 6.08 Å². The van der Waals surface area contributed by atoms with Crippen molar-refractivity contribution in [1.29, 1.82) is 0 Å². The van der Waals surface area contributed by atoms with Crippen molar-refractivity contribution in [1.82, 2.24) is 14.8 Å². The summed E-state index contributed by atoms with van der Waals surface area (Å²) in [4.78, 5) is 11.4. The van der Waals surface area contributed by atoms with Crippen LogP contribution in [0.5, 0.6) is 0 Å². The molecule has 1 rings (SSSR count). The molecule has 0 spiro atoms. The molecule has 0 amide bonds. The Labute approximate surface area is 112 Å². The van der Waals surface area contributed by atoms with Crippen LogP contribution >= 0.6 is 11.8 Å². The largest absolute Gasteiger partial charge is 0.465 e. The van der Waals surface area contributed by atoms with Gasteiger partial charge in [0.25, 0.3) is 0 Å². The van der Waals surface area contributed by atoms with Gasteiger partial charge in [-0.1, -0.05) is 31.7 Å². The van der Waals surface area contributed by atoms with Gasteiger partial charge in [-0.05, 0) is 6.42 Å². The molecule has 100 valence electrons. The first kappa shape index (κ1) is 14.8. The molecule has 6 heteroatoms. The molecular weight excluding hydrogens is 250 g/mol. The fraction of sp³-hybridized carbons (Fsp3) is 0.583. The summed E-state index contributed by atoms with van der Waals surface area (Å²) in [5.74, 6) is 0.950. The average Bonchev–Trinajstić information content (AvgIpc) is 2.76. The SMILES string of the molecule is C=CCn1c(CC)nnc1SCC(=O)OCCC. The smallest absolute Gasteiger partial charge is 0.316 e. The van der Waals surface area contributed by atoms with E-state index in [0.29, 0.717) is 13.2 Å². The summed E-state index contributed by atoms with van der Waals surface area (Å²) >= 11 is 1.35. The Morgan fingerprint density at radius 2 is 2.28 bits per heavy atom. The van der Waals surface area contributed by atoms with Crippen molar-refractivity contribution in [2.75, 3.05) is 12.4 Å². The van der Waals surface area contributed by atoms with Crippen molar-refractivity contribution in [3.63, 3.8) is 0 Å². The van der Waals surface area contributed by atoms with Crippen LogP contribution in [0.2, 0.25) is 0 Å². The highest BCUT2D eigenvalue weighted by molar-refractivity contribution is 7.99. The summed E-state index contributed by atoms with van der Waals surface area (Å²) in [5.41, 5.74) is 0. The number of hydrogen-bond donors (Lipinski definition) is 0. The van der Waals surface area contributed by atoms with Crippen molar-refractivity contribution < 1.29 is 9.53 Å².